The van der Waals surface area contributed by atoms with Gasteiger partial charge in [0.2, 0.25) is 0 Å². The maximum atomic E-state index is 10.1. The van der Waals surface area contributed by atoms with Crippen LogP contribution in [0.1, 0.15) is 59.8 Å². The van der Waals surface area contributed by atoms with Crippen LogP contribution in [0, 0.1) is 0 Å². The van der Waals surface area contributed by atoms with Crippen molar-refractivity contribution < 1.29 is 24.1 Å². The molecule has 0 saturated carbocycles. The largest absolute Gasteiger partial charge is 0.365 e. The molecule has 0 aromatic carbocycles. The number of hydrogen-bond donors (Lipinski definition) is 1. The van der Waals surface area contributed by atoms with Gasteiger partial charge in [0.25, 0.3) is 0 Å². The van der Waals surface area contributed by atoms with Crippen LogP contribution in [-0.2, 0) is 18.9 Å². The normalized spacial score (nSPS) is 32.5. The minimum Gasteiger partial charge on any atom is -0.365 e. The molecular formula is C15H28O5. The zero-order valence-electron chi connectivity index (χ0n) is 13.1. The summed E-state index contributed by atoms with van der Waals surface area (Å²) in [4.78, 5) is 0. The highest BCUT2D eigenvalue weighted by molar-refractivity contribution is 4.87. The number of rotatable bonds is 7. The SMILES string of the molecule is CCC(O)(CC)OC[C@@H]1C[C@@H]2OC(CC)(CC)O[C@@H]2O1. The first-order valence-electron chi connectivity index (χ1n) is 7.87. The van der Waals surface area contributed by atoms with E-state index in [0.717, 1.165) is 19.3 Å². The summed E-state index contributed by atoms with van der Waals surface area (Å²) in [6.45, 7) is 8.33. The van der Waals surface area contributed by atoms with Crippen molar-refractivity contribution in [2.45, 2.75) is 89.9 Å². The molecule has 20 heavy (non-hydrogen) atoms. The van der Waals surface area contributed by atoms with Gasteiger partial charge in [0, 0.05) is 6.42 Å². The van der Waals surface area contributed by atoms with Gasteiger partial charge in [-0.15, -0.1) is 0 Å². The van der Waals surface area contributed by atoms with Crippen molar-refractivity contribution in [2.75, 3.05) is 6.61 Å². The highest BCUT2D eigenvalue weighted by Crippen LogP contribution is 2.41. The van der Waals surface area contributed by atoms with Crippen molar-refractivity contribution in [1.29, 1.82) is 0 Å². The number of hydrogen-bond acceptors (Lipinski definition) is 5. The molecule has 0 spiro atoms. The summed E-state index contributed by atoms with van der Waals surface area (Å²) in [5.74, 6) is -1.52. The van der Waals surface area contributed by atoms with E-state index < -0.39 is 11.6 Å². The molecule has 2 rings (SSSR count). The number of aliphatic hydroxyl groups is 1. The minimum absolute atomic E-state index is 0.0140. The van der Waals surface area contributed by atoms with Crippen molar-refractivity contribution in [3.8, 4) is 0 Å². The molecule has 2 saturated heterocycles. The van der Waals surface area contributed by atoms with Gasteiger partial charge in [-0.1, -0.05) is 27.7 Å². The van der Waals surface area contributed by atoms with Gasteiger partial charge in [-0.2, -0.15) is 0 Å². The summed E-state index contributed by atoms with van der Waals surface area (Å²) >= 11 is 0. The van der Waals surface area contributed by atoms with Crippen LogP contribution in [0.25, 0.3) is 0 Å². The van der Waals surface area contributed by atoms with Gasteiger partial charge >= 0.3 is 0 Å². The van der Waals surface area contributed by atoms with E-state index in [9.17, 15) is 5.11 Å². The second kappa shape index (κ2) is 6.28. The van der Waals surface area contributed by atoms with E-state index in [-0.39, 0.29) is 18.5 Å². The Kier molecular flexibility index (Phi) is 5.08. The van der Waals surface area contributed by atoms with Crippen LogP contribution in [0.4, 0.5) is 0 Å². The zero-order chi connectivity index (χ0) is 14.8. The fraction of sp³-hybridized carbons (Fsp3) is 1.00. The first kappa shape index (κ1) is 16.2. The molecule has 2 aliphatic rings. The summed E-state index contributed by atoms with van der Waals surface area (Å²) in [5.41, 5.74) is 0. The summed E-state index contributed by atoms with van der Waals surface area (Å²) in [7, 11) is 0. The Morgan fingerprint density at radius 2 is 1.80 bits per heavy atom. The number of ether oxygens (including phenoxy) is 4. The fourth-order valence-electron chi connectivity index (χ4n) is 2.82. The highest BCUT2D eigenvalue weighted by atomic mass is 16.8. The molecule has 0 unspecified atom stereocenters. The lowest BCUT2D eigenvalue weighted by Crippen LogP contribution is -2.35. The maximum absolute atomic E-state index is 10.1. The van der Waals surface area contributed by atoms with Crippen LogP contribution >= 0.6 is 0 Å². The molecule has 5 heteroatoms. The Balaban J connectivity index is 1.82. The van der Waals surface area contributed by atoms with Gasteiger partial charge in [0.15, 0.2) is 17.9 Å². The molecule has 3 atom stereocenters. The molecule has 0 aromatic heterocycles. The summed E-state index contributed by atoms with van der Waals surface area (Å²) in [5, 5.41) is 10.1. The van der Waals surface area contributed by atoms with Crippen molar-refractivity contribution in [3.63, 3.8) is 0 Å². The molecule has 0 bridgehead atoms. The minimum atomic E-state index is -1.04. The standard InChI is InChI=1S/C15H28O5/c1-5-14(16,6-2)17-10-11-9-12-13(18-11)20-15(7-3,8-4)19-12/h11-13,16H,5-10H2,1-4H3/t11-,12-,13-/m0/s1. The summed E-state index contributed by atoms with van der Waals surface area (Å²) < 4.78 is 23.4. The average molecular weight is 288 g/mol. The zero-order valence-corrected chi connectivity index (χ0v) is 13.1. The molecular weight excluding hydrogens is 260 g/mol. The van der Waals surface area contributed by atoms with Crippen LogP contribution < -0.4 is 0 Å². The van der Waals surface area contributed by atoms with E-state index in [0.29, 0.717) is 19.4 Å². The van der Waals surface area contributed by atoms with Crippen LogP contribution in [-0.4, -0.2) is 41.8 Å². The molecule has 1 N–H and O–H groups in total. The maximum Gasteiger partial charge on any atom is 0.187 e. The highest BCUT2D eigenvalue weighted by Gasteiger charge is 2.51. The predicted molar refractivity (Wildman–Crippen MR) is 74.0 cm³/mol. The van der Waals surface area contributed by atoms with E-state index in [1.54, 1.807) is 0 Å². The molecule has 2 heterocycles. The third-order valence-corrected chi connectivity index (χ3v) is 4.54. The lowest BCUT2D eigenvalue weighted by atomic mass is 10.1. The molecule has 0 aromatic rings. The summed E-state index contributed by atoms with van der Waals surface area (Å²) in [6, 6.07) is 0. The Hall–Kier alpha value is -0.200. The lowest BCUT2D eigenvalue weighted by molar-refractivity contribution is -0.251. The number of fused-ring (bicyclic) bond motifs is 1. The molecule has 0 amide bonds. The third kappa shape index (κ3) is 3.17. The van der Waals surface area contributed by atoms with Crippen LogP contribution in [0.3, 0.4) is 0 Å². The topological polar surface area (TPSA) is 57.2 Å². The van der Waals surface area contributed by atoms with Gasteiger partial charge in [-0.05, 0) is 25.7 Å². The Morgan fingerprint density at radius 1 is 1.15 bits per heavy atom. The first-order chi connectivity index (χ1) is 9.49. The van der Waals surface area contributed by atoms with Crippen LogP contribution in [0.5, 0.6) is 0 Å². The van der Waals surface area contributed by atoms with E-state index in [1.807, 2.05) is 13.8 Å². The quantitative estimate of drug-likeness (QED) is 0.730. The monoisotopic (exact) mass is 288 g/mol. The second-order valence-electron chi connectivity index (χ2n) is 5.72. The van der Waals surface area contributed by atoms with Gasteiger partial charge in [0.05, 0.1) is 12.7 Å². The van der Waals surface area contributed by atoms with Crippen LogP contribution in [0.15, 0.2) is 0 Å². The van der Waals surface area contributed by atoms with Gasteiger partial charge in [0.1, 0.15) is 6.10 Å². The van der Waals surface area contributed by atoms with Gasteiger partial charge in [-0.25, -0.2) is 0 Å². The molecule has 0 aliphatic carbocycles. The van der Waals surface area contributed by atoms with E-state index >= 15 is 0 Å². The van der Waals surface area contributed by atoms with Crippen molar-refractivity contribution >= 4 is 0 Å². The first-order valence-corrected chi connectivity index (χ1v) is 7.87. The second-order valence-corrected chi connectivity index (χ2v) is 5.72. The van der Waals surface area contributed by atoms with Crippen molar-refractivity contribution in [1.82, 2.24) is 0 Å². The molecule has 5 nitrogen and oxygen atoms in total. The molecule has 2 aliphatic heterocycles. The third-order valence-electron chi connectivity index (χ3n) is 4.54. The fourth-order valence-corrected chi connectivity index (χ4v) is 2.82. The van der Waals surface area contributed by atoms with Gasteiger partial charge < -0.3 is 24.1 Å². The summed E-state index contributed by atoms with van der Waals surface area (Å²) in [6.07, 6.45) is 3.19. The lowest BCUT2D eigenvalue weighted by Gasteiger charge is -2.29. The smallest absolute Gasteiger partial charge is 0.187 e. The van der Waals surface area contributed by atoms with Crippen molar-refractivity contribution in [3.05, 3.63) is 0 Å². The van der Waals surface area contributed by atoms with E-state index in [1.165, 1.54) is 0 Å². The molecule has 2 fully saturated rings. The molecule has 0 radical (unpaired) electrons. The van der Waals surface area contributed by atoms with E-state index in [4.69, 9.17) is 18.9 Å². The predicted octanol–water partition coefficient (Wildman–Crippen LogP) is 2.56. The van der Waals surface area contributed by atoms with Gasteiger partial charge in [-0.3, -0.25) is 0 Å². The Bertz CT molecular complexity index is 295. The van der Waals surface area contributed by atoms with E-state index in [2.05, 4.69) is 13.8 Å². The average Bonchev–Trinajstić information content (AvgIpc) is 3.00. The van der Waals surface area contributed by atoms with Crippen molar-refractivity contribution in [2.24, 2.45) is 0 Å². The Labute approximate surface area is 121 Å². The van der Waals surface area contributed by atoms with Crippen LogP contribution in [0.2, 0.25) is 0 Å². The Morgan fingerprint density at radius 3 is 2.30 bits per heavy atom. The molecule has 118 valence electrons.